The molecule has 1 aromatic rings. The second kappa shape index (κ2) is 9.56. The fourth-order valence-corrected chi connectivity index (χ4v) is 2.82. The van der Waals surface area contributed by atoms with Crippen LogP contribution in [0.2, 0.25) is 0 Å². The van der Waals surface area contributed by atoms with E-state index in [0.29, 0.717) is 11.8 Å². The molecular weight excluding hydrogens is 402 g/mol. The Balaban J connectivity index is 2.00. The normalized spacial score (nSPS) is 15.0. The summed E-state index contributed by atoms with van der Waals surface area (Å²) in [5.41, 5.74) is 0. The summed E-state index contributed by atoms with van der Waals surface area (Å²) in [5, 5.41) is 3.26. The fraction of sp³-hybridized carbons (Fsp3) is 0.625. The van der Waals surface area contributed by atoms with Gasteiger partial charge >= 0.3 is 0 Å². The van der Waals surface area contributed by atoms with Crippen LogP contribution in [0.25, 0.3) is 0 Å². The van der Waals surface area contributed by atoms with Crippen LogP contribution < -0.4 is 15.0 Å². The van der Waals surface area contributed by atoms with Crippen LogP contribution in [-0.4, -0.2) is 92.1 Å². The van der Waals surface area contributed by atoms with Gasteiger partial charge in [-0.1, -0.05) is 0 Å². The van der Waals surface area contributed by atoms with E-state index in [-0.39, 0.29) is 12.5 Å². The average Bonchev–Trinajstić information content (AvgIpc) is 2.65. The minimum absolute atomic E-state index is 0.0191. The smallest absolute Gasteiger partial charge is 0.243 e. The highest BCUT2D eigenvalue weighted by atomic mass is 79.9. The highest BCUT2D eigenvalue weighted by Crippen LogP contribution is 2.23. The molecule has 0 aliphatic carbocycles. The van der Waals surface area contributed by atoms with Crippen LogP contribution in [0.15, 0.2) is 15.7 Å². The van der Waals surface area contributed by atoms with Crippen molar-refractivity contribution in [2.45, 2.75) is 6.92 Å². The summed E-state index contributed by atoms with van der Waals surface area (Å²) in [4.78, 5) is 30.9. The van der Waals surface area contributed by atoms with Crippen molar-refractivity contribution in [2.24, 2.45) is 4.99 Å². The molecule has 1 N–H and O–H groups in total. The Bertz CT molecular complexity index is 645. The number of nitrogens with zero attached hydrogens (tertiary/aromatic N) is 6. The molecule has 1 aliphatic rings. The summed E-state index contributed by atoms with van der Waals surface area (Å²) < 4.78 is 5.97. The van der Waals surface area contributed by atoms with Crippen molar-refractivity contribution < 1.29 is 9.53 Å². The fourth-order valence-electron chi connectivity index (χ4n) is 2.47. The van der Waals surface area contributed by atoms with E-state index in [1.165, 1.54) is 0 Å². The number of aliphatic imine (C=N–C) groups is 1. The maximum Gasteiger partial charge on any atom is 0.243 e. The van der Waals surface area contributed by atoms with Crippen molar-refractivity contribution in [2.75, 3.05) is 65.4 Å². The third-order valence-corrected chi connectivity index (χ3v) is 4.50. The third kappa shape index (κ3) is 5.20. The number of likely N-dealkylation sites (N-methyl/N-ethyl adjacent to an activating group) is 1. The molecule has 9 nitrogen and oxygen atoms in total. The molecule has 0 saturated carbocycles. The predicted octanol–water partition coefficient (Wildman–Crippen LogP) is 0.423. The largest absolute Gasteiger partial charge is 0.480 e. The molecule has 1 amide bonds. The molecule has 2 heterocycles. The number of carbonyl (C=O) groups is 1. The van der Waals surface area contributed by atoms with Crippen molar-refractivity contribution in [1.82, 2.24) is 25.1 Å². The van der Waals surface area contributed by atoms with Crippen LogP contribution in [-0.2, 0) is 4.79 Å². The summed E-state index contributed by atoms with van der Waals surface area (Å²) >= 11 is 3.37. The summed E-state index contributed by atoms with van der Waals surface area (Å²) in [6, 6.07) is 0. The first-order valence-corrected chi connectivity index (χ1v) is 9.30. The molecule has 0 aromatic carbocycles. The number of halogens is 1. The van der Waals surface area contributed by atoms with Gasteiger partial charge in [-0.3, -0.25) is 4.79 Å². The van der Waals surface area contributed by atoms with Crippen LogP contribution in [0, 0.1) is 0 Å². The number of carbonyl (C=O) groups excluding carboxylic acids is 1. The number of ether oxygens (including phenoxy) is 1. The van der Waals surface area contributed by atoms with E-state index in [1.54, 1.807) is 32.3 Å². The van der Waals surface area contributed by atoms with Crippen LogP contribution in [0.4, 0.5) is 5.95 Å². The standard InChI is InChI=1S/C16H26BrN7O2/c1-5-18-15(20-11-13(25)22(2)3)23-6-8-24(9-7-23)16-19-10-12(17)14(21-16)26-4/h10H,5-9,11H2,1-4H3,(H,18,20). The lowest BCUT2D eigenvalue weighted by Crippen LogP contribution is -2.53. The van der Waals surface area contributed by atoms with Gasteiger partial charge in [0.25, 0.3) is 0 Å². The topological polar surface area (TPSA) is 86.2 Å². The van der Waals surface area contributed by atoms with Gasteiger partial charge in [-0.15, -0.1) is 0 Å². The summed E-state index contributed by atoms with van der Waals surface area (Å²) in [6.45, 7) is 5.97. The number of methoxy groups -OCH3 is 1. The van der Waals surface area contributed by atoms with Gasteiger partial charge < -0.3 is 24.8 Å². The zero-order chi connectivity index (χ0) is 19.1. The summed E-state index contributed by atoms with van der Waals surface area (Å²) in [7, 11) is 5.05. The number of anilines is 1. The maximum atomic E-state index is 11.8. The molecule has 0 atom stereocenters. The first-order chi connectivity index (χ1) is 12.5. The molecular formula is C16H26BrN7O2. The highest BCUT2D eigenvalue weighted by molar-refractivity contribution is 9.10. The van der Waals surface area contributed by atoms with Crippen LogP contribution in [0.1, 0.15) is 6.92 Å². The molecule has 26 heavy (non-hydrogen) atoms. The van der Waals surface area contributed by atoms with Gasteiger partial charge in [0.15, 0.2) is 5.96 Å². The predicted molar refractivity (Wildman–Crippen MR) is 105 cm³/mol. The van der Waals surface area contributed by atoms with Crippen LogP contribution >= 0.6 is 15.9 Å². The number of nitrogens with one attached hydrogen (secondary N) is 1. The zero-order valence-corrected chi connectivity index (χ0v) is 17.3. The first kappa shape index (κ1) is 20.2. The molecule has 2 rings (SSSR count). The maximum absolute atomic E-state index is 11.8. The molecule has 1 aliphatic heterocycles. The monoisotopic (exact) mass is 427 g/mol. The third-order valence-electron chi connectivity index (χ3n) is 3.95. The second-order valence-electron chi connectivity index (χ2n) is 5.96. The molecule has 1 saturated heterocycles. The molecule has 144 valence electrons. The Hall–Kier alpha value is -2.10. The van der Waals surface area contributed by atoms with E-state index in [4.69, 9.17) is 4.74 Å². The van der Waals surface area contributed by atoms with Gasteiger partial charge in [0.2, 0.25) is 17.7 Å². The number of piperazine rings is 1. The molecule has 0 bridgehead atoms. The summed E-state index contributed by atoms with van der Waals surface area (Å²) in [6.07, 6.45) is 1.70. The lowest BCUT2D eigenvalue weighted by molar-refractivity contribution is -0.127. The van der Waals surface area contributed by atoms with E-state index in [9.17, 15) is 4.79 Å². The van der Waals surface area contributed by atoms with Crippen molar-refractivity contribution in [3.63, 3.8) is 0 Å². The van der Waals surface area contributed by atoms with Crippen molar-refractivity contribution in [1.29, 1.82) is 0 Å². The van der Waals surface area contributed by atoms with Crippen LogP contribution in [0.3, 0.4) is 0 Å². The molecule has 1 fully saturated rings. The Morgan fingerprint density at radius 2 is 2.08 bits per heavy atom. The SMILES string of the molecule is CCNC(=NCC(=O)N(C)C)N1CCN(c2ncc(Br)c(OC)n2)CC1. The highest BCUT2D eigenvalue weighted by Gasteiger charge is 2.22. The number of hydrogen-bond donors (Lipinski definition) is 1. The quantitative estimate of drug-likeness (QED) is 0.538. The second-order valence-corrected chi connectivity index (χ2v) is 6.81. The van der Waals surface area contributed by atoms with Gasteiger partial charge in [-0.25, -0.2) is 9.98 Å². The van der Waals surface area contributed by atoms with E-state index in [0.717, 1.165) is 43.2 Å². The van der Waals surface area contributed by atoms with Crippen molar-refractivity contribution in [3.8, 4) is 5.88 Å². The van der Waals surface area contributed by atoms with Gasteiger partial charge in [0, 0.05) is 46.8 Å². The lowest BCUT2D eigenvalue weighted by atomic mass is 10.3. The average molecular weight is 428 g/mol. The Labute approximate surface area is 162 Å². The Kier molecular flexibility index (Phi) is 7.43. The molecule has 0 radical (unpaired) electrons. The van der Waals surface area contributed by atoms with E-state index >= 15 is 0 Å². The number of guanidine groups is 1. The first-order valence-electron chi connectivity index (χ1n) is 8.51. The van der Waals surface area contributed by atoms with E-state index in [1.807, 2.05) is 6.92 Å². The minimum atomic E-state index is -0.0191. The number of hydrogen-bond acceptors (Lipinski definition) is 6. The van der Waals surface area contributed by atoms with Gasteiger partial charge in [-0.05, 0) is 22.9 Å². The van der Waals surface area contributed by atoms with E-state index < -0.39 is 0 Å². The molecule has 0 unspecified atom stereocenters. The molecule has 1 aromatic heterocycles. The van der Waals surface area contributed by atoms with Gasteiger partial charge in [-0.2, -0.15) is 4.98 Å². The van der Waals surface area contributed by atoms with Crippen LogP contribution in [0.5, 0.6) is 5.88 Å². The number of rotatable bonds is 5. The van der Waals surface area contributed by atoms with Crippen molar-refractivity contribution in [3.05, 3.63) is 10.7 Å². The van der Waals surface area contributed by atoms with Crippen molar-refractivity contribution >= 4 is 33.7 Å². The van der Waals surface area contributed by atoms with Gasteiger partial charge in [0.1, 0.15) is 6.54 Å². The molecule has 0 spiro atoms. The Morgan fingerprint density at radius 1 is 1.38 bits per heavy atom. The zero-order valence-electron chi connectivity index (χ0n) is 15.7. The van der Waals surface area contributed by atoms with Gasteiger partial charge in [0.05, 0.1) is 17.8 Å². The summed E-state index contributed by atoms with van der Waals surface area (Å²) in [5.74, 6) is 1.91. The number of amides is 1. The Morgan fingerprint density at radius 3 is 2.65 bits per heavy atom. The lowest BCUT2D eigenvalue weighted by Gasteiger charge is -2.36. The van der Waals surface area contributed by atoms with E-state index in [2.05, 4.69) is 46.0 Å². The molecule has 10 heteroatoms. The minimum Gasteiger partial charge on any atom is -0.480 e. The number of aromatic nitrogens is 2.